The SMILES string of the molecule is CC(C)(C)C1CCC(CN)(Cc2ccc(F)c(F)c2)CC1. The zero-order valence-electron chi connectivity index (χ0n) is 13.4. The second-order valence-electron chi connectivity index (χ2n) is 7.77. The minimum Gasteiger partial charge on any atom is -0.330 e. The van der Waals surface area contributed by atoms with Gasteiger partial charge in [0, 0.05) is 0 Å². The molecule has 1 aliphatic rings. The van der Waals surface area contributed by atoms with Crippen LogP contribution in [0, 0.1) is 28.4 Å². The molecule has 0 spiro atoms. The Morgan fingerprint density at radius 1 is 1.14 bits per heavy atom. The van der Waals surface area contributed by atoms with Gasteiger partial charge in [0.25, 0.3) is 0 Å². The lowest BCUT2D eigenvalue weighted by molar-refractivity contribution is 0.0926. The normalized spacial score (nSPS) is 26.9. The lowest BCUT2D eigenvalue weighted by atomic mass is 9.62. The summed E-state index contributed by atoms with van der Waals surface area (Å²) in [6.45, 7) is 7.50. The molecule has 1 nitrogen and oxygen atoms in total. The maximum absolute atomic E-state index is 13.4. The Labute approximate surface area is 126 Å². The van der Waals surface area contributed by atoms with Gasteiger partial charge in [-0.15, -0.1) is 0 Å². The summed E-state index contributed by atoms with van der Waals surface area (Å²) in [5.74, 6) is -0.817. The molecule has 1 aromatic rings. The Bertz CT molecular complexity index is 482. The third kappa shape index (κ3) is 3.82. The van der Waals surface area contributed by atoms with Gasteiger partial charge in [0.1, 0.15) is 0 Å². The predicted octanol–water partition coefficient (Wildman–Crippen LogP) is 4.69. The van der Waals surface area contributed by atoms with E-state index in [1.807, 2.05) is 0 Å². The van der Waals surface area contributed by atoms with E-state index in [9.17, 15) is 8.78 Å². The summed E-state index contributed by atoms with van der Waals surface area (Å²) < 4.78 is 26.4. The Kier molecular flexibility index (Phi) is 4.72. The van der Waals surface area contributed by atoms with Crippen LogP contribution in [-0.4, -0.2) is 6.54 Å². The van der Waals surface area contributed by atoms with Crippen molar-refractivity contribution in [2.24, 2.45) is 22.5 Å². The molecule has 0 bridgehead atoms. The minimum atomic E-state index is -0.781. The second kappa shape index (κ2) is 6.04. The molecule has 0 unspecified atom stereocenters. The molecule has 0 radical (unpaired) electrons. The summed E-state index contributed by atoms with van der Waals surface area (Å²) in [5.41, 5.74) is 7.28. The maximum Gasteiger partial charge on any atom is 0.159 e. The zero-order chi connectivity index (χ0) is 15.7. The summed E-state index contributed by atoms with van der Waals surface area (Å²) in [6, 6.07) is 4.23. The second-order valence-corrected chi connectivity index (χ2v) is 7.77. The highest BCUT2D eigenvalue weighted by Crippen LogP contribution is 2.46. The van der Waals surface area contributed by atoms with Gasteiger partial charge in [-0.25, -0.2) is 8.78 Å². The Morgan fingerprint density at radius 3 is 2.24 bits per heavy atom. The van der Waals surface area contributed by atoms with E-state index >= 15 is 0 Å². The van der Waals surface area contributed by atoms with Crippen LogP contribution in [0.3, 0.4) is 0 Å². The van der Waals surface area contributed by atoms with Crippen LogP contribution >= 0.6 is 0 Å². The maximum atomic E-state index is 13.4. The fourth-order valence-electron chi connectivity index (χ4n) is 3.63. The van der Waals surface area contributed by atoms with Crippen LogP contribution in [0.4, 0.5) is 8.78 Å². The number of hydrogen-bond donors (Lipinski definition) is 1. The molecule has 0 saturated heterocycles. The molecule has 0 heterocycles. The molecule has 0 atom stereocenters. The van der Waals surface area contributed by atoms with Crippen molar-refractivity contribution in [3.8, 4) is 0 Å². The van der Waals surface area contributed by atoms with Gasteiger partial charge in [-0.05, 0) is 73.1 Å². The lowest BCUT2D eigenvalue weighted by Gasteiger charge is -2.44. The van der Waals surface area contributed by atoms with E-state index in [-0.39, 0.29) is 5.41 Å². The van der Waals surface area contributed by atoms with Crippen molar-refractivity contribution in [1.82, 2.24) is 0 Å². The molecule has 1 aliphatic carbocycles. The molecule has 2 N–H and O–H groups in total. The first-order chi connectivity index (χ1) is 9.76. The summed E-state index contributed by atoms with van der Waals surface area (Å²) in [4.78, 5) is 0. The molecule has 21 heavy (non-hydrogen) atoms. The van der Waals surface area contributed by atoms with Gasteiger partial charge in [0.2, 0.25) is 0 Å². The Hall–Kier alpha value is -0.960. The highest BCUT2D eigenvalue weighted by Gasteiger charge is 2.37. The summed E-state index contributed by atoms with van der Waals surface area (Å²) in [5, 5.41) is 0. The van der Waals surface area contributed by atoms with Crippen LogP contribution < -0.4 is 5.73 Å². The molecule has 1 aromatic carbocycles. The van der Waals surface area contributed by atoms with Crippen molar-refractivity contribution in [2.45, 2.75) is 52.9 Å². The van der Waals surface area contributed by atoms with Gasteiger partial charge >= 0.3 is 0 Å². The van der Waals surface area contributed by atoms with E-state index < -0.39 is 11.6 Å². The van der Waals surface area contributed by atoms with E-state index in [1.165, 1.54) is 25.0 Å². The van der Waals surface area contributed by atoms with E-state index in [4.69, 9.17) is 5.73 Å². The Balaban J connectivity index is 2.08. The fraction of sp³-hybridized carbons (Fsp3) is 0.667. The van der Waals surface area contributed by atoms with Gasteiger partial charge in [0.05, 0.1) is 0 Å². The molecule has 3 heteroatoms. The molecule has 118 valence electrons. The zero-order valence-corrected chi connectivity index (χ0v) is 13.4. The molecular formula is C18H27F2N. The van der Waals surface area contributed by atoms with E-state index in [0.717, 1.165) is 30.7 Å². The van der Waals surface area contributed by atoms with Gasteiger partial charge < -0.3 is 5.73 Å². The van der Waals surface area contributed by atoms with Gasteiger partial charge in [-0.3, -0.25) is 0 Å². The standard InChI is InChI=1S/C18H27F2N/c1-17(2,3)14-6-8-18(12-21,9-7-14)11-13-4-5-15(19)16(20)10-13/h4-5,10,14H,6-9,11-12,21H2,1-3H3. The van der Waals surface area contributed by atoms with Crippen LogP contribution in [0.2, 0.25) is 0 Å². The van der Waals surface area contributed by atoms with Crippen LogP contribution in [-0.2, 0) is 6.42 Å². The van der Waals surface area contributed by atoms with Crippen molar-refractivity contribution >= 4 is 0 Å². The fourth-order valence-corrected chi connectivity index (χ4v) is 3.63. The van der Waals surface area contributed by atoms with Gasteiger partial charge in [-0.1, -0.05) is 26.8 Å². The van der Waals surface area contributed by atoms with Crippen molar-refractivity contribution < 1.29 is 8.78 Å². The molecule has 0 aromatic heterocycles. The van der Waals surface area contributed by atoms with Crippen LogP contribution in [0.5, 0.6) is 0 Å². The van der Waals surface area contributed by atoms with Crippen molar-refractivity contribution in [1.29, 1.82) is 0 Å². The van der Waals surface area contributed by atoms with Crippen LogP contribution in [0.25, 0.3) is 0 Å². The van der Waals surface area contributed by atoms with Crippen molar-refractivity contribution in [3.63, 3.8) is 0 Å². The van der Waals surface area contributed by atoms with Crippen molar-refractivity contribution in [3.05, 3.63) is 35.4 Å². The highest BCUT2D eigenvalue weighted by molar-refractivity contribution is 5.19. The largest absolute Gasteiger partial charge is 0.330 e. The molecule has 1 fully saturated rings. The monoisotopic (exact) mass is 295 g/mol. The third-order valence-corrected chi connectivity index (χ3v) is 5.27. The summed E-state index contributed by atoms with van der Waals surface area (Å²) >= 11 is 0. The highest BCUT2D eigenvalue weighted by atomic mass is 19.2. The van der Waals surface area contributed by atoms with Crippen molar-refractivity contribution in [2.75, 3.05) is 6.54 Å². The van der Waals surface area contributed by atoms with Crippen LogP contribution in [0.1, 0.15) is 52.0 Å². The van der Waals surface area contributed by atoms with E-state index in [0.29, 0.717) is 12.0 Å². The summed E-state index contributed by atoms with van der Waals surface area (Å²) in [7, 11) is 0. The first kappa shape index (κ1) is 16.4. The topological polar surface area (TPSA) is 26.0 Å². The molecular weight excluding hydrogens is 268 g/mol. The number of benzene rings is 1. The molecule has 0 amide bonds. The number of hydrogen-bond acceptors (Lipinski definition) is 1. The molecule has 2 rings (SSSR count). The number of rotatable bonds is 3. The first-order valence-electron chi connectivity index (χ1n) is 7.90. The van der Waals surface area contributed by atoms with E-state index in [2.05, 4.69) is 20.8 Å². The number of halogens is 2. The van der Waals surface area contributed by atoms with Gasteiger partial charge in [0.15, 0.2) is 11.6 Å². The smallest absolute Gasteiger partial charge is 0.159 e. The first-order valence-corrected chi connectivity index (χ1v) is 7.90. The summed E-state index contributed by atoms with van der Waals surface area (Å²) in [6.07, 6.45) is 5.24. The average molecular weight is 295 g/mol. The molecule has 0 aliphatic heterocycles. The predicted molar refractivity (Wildman–Crippen MR) is 83.0 cm³/mol. The lowest BCUT2D eigenvalue weighted by Crippen LogP contribution is -2.39. The molecule has 1 saturated carbocycles. The third-order valence-electron chi connectivity index (χ3n) is 5.27. The van der Waals surface area contributed by atoms with Gasteiger partial charge in [-0.2, -0.15) is 0 Å². The van der Waals surface area contributed by atoms with Crippen LogP contribution in [0.15, 0.2) is 18.2 Å². The Morgan fingerprint density at radius 2 is 1.76 bits per heavy atom. The quantitative estimate of drug-likeness (QED) is 0.860. The van der Waals surface area contributed by atoms with E-state index in [1.54, 1.807) is 6.07 Å². The number of nitrogens with two attached hydrogens (primary N) is 1. The minimum absolute atomic E-state index is 0.0476. The average Bonchev–Trinajstić information content (AvgIpc) is 2.42.